The summed E-state index contributed by atoms with van der Waals surface area (Å²) in [4.78, 5) is 0. The molecule has 96 valence electrons. The molecule has 2 rings (SSSR count). The Kier molecular flexibility index (Phi) is 4.15. The lowest BCUT2D eigenvalue weighted by atomic mass is 10.0. The molecule has 0 spiro atoms. The summed E-state index contributed by atoms with van der Waals surface area (Å²) in [5.74, 6) is 0. The molecule has 0 bridgehead atoms. The van der Waals surface area contributed by atoms with Crippen LogP contribution in [0.5, 0.6) is 0 Å². The highest BCUT2D eigenvalue weighted by atomic mass is 15.3. The van der Waals surface area contributed by atoms with Crippen molar-refractivity contribution in [1.82, 2.24) is 15.1 Å². The molecule has 0 saturated carbocycles. The molecule has 0 saturated heterocycles. The number of hydrogen-bond acceptors (Lipinski definition) is 2. The number of nitrogens with one attached hydrogen (secondary N) is 1. The van der Waals surface area contributed by atoms with Gasteiger partial charge < -0.3 is 5.32 Å². The summed E-state index contributed by atoms with van der Waals surface area (Å²) in [6.07, 6.45) is 3.93. The lowest BCUT2D eigenvalue weighted by Crippen LogP contribution is -2.21. The summed E-state index contributed by atoms with van der Waals surface area (Å²) < 4.78 is 1.93. The number of aryl methyl sites for hydroxylation is 2. The van der Waals surface area contributed by atoms with Crippen LogP contribution in [0.4, 0.5) is 0 Å². The van der Waals surface area contributed by atoms with Crippen molar-refractivity contribution in [2.45, 2.75) is 25.8 Å². The summed E-state index contributed by atoms with van der Waals surface area (Å²) in [7, 11) is 3.98. The van der Waals surface area contributed by atoms with Crippen molar-refractivity contribution < 1.29 is 0 Å². The summed E-state index contributed by atoms with van der Waals surface area (Å²) in [6.45, 7) is 2.18. The van der Waals surface area contributed by atoms with Crippen LogP contribution in [0.2, 0.25) is 0 Å². The summed E-state index contributed by atoms with van der Waals surface area (Å²) in [6, 6.07) is 11.3. The maximum absolute atomic E-state index is 4.23. The van der Waals surface area contributed by atoms with E-state index in [1.54, 1.807) is 0 Å². The van der Waals surface area contributed by atoms with Gasteiger partial charge in [0.2, 0.25) is 0 Å². The highest BCUT2D eigenvalue weighted by Gasteiger charge is 2.13. The highest BCUT2D eigenvalue weighted by molar-refractivity contribution is 5.24. The number of hydrogen-bond donors (Lipinski definition) is 1. The van der Waals surface area contributed by atoms with Crippen LogP contribution >= 0.6 is 0 Å². The van der Waals surface area contributed by atoms with E-state index in [9.17, 15) is 0 Å². The third-order valence-corrected chi connectivity index (χ3v) is 3.44. The lowest BCUT2D eigenvalue weighted by molar-refractivity contribution is 0.537. The van der Waals surface area contributed by atoms with E-state index in [2.05, 4.69) is 47.7 Å². The van der Waals surface area contributed by atoms with Gasteiger partial charge in [-0.05, 0) is 37.1 Å². The molecule has 0 aliphatic heterocycles. The van der Waals surface area contributed by atoms with Gasteiger partial charge in [0, 0.05) is 13.2 Å². The topological polar surface area (TPSA) is 29.9 Å². The Labute approximate surface area is 109 Å². The molecule has 1 aromatic carbocycles. The zero-order chi connectivity index (χ0) is 13.0. The predicted octanol–water partition coefficient (Wildman–Crippen LogP) is 2.49. The molecule has 0 aliphatic carbocycles. The lowest BCUT2D eigenvalue weighted by Gasteiger charge is -2.16. The zero-order valence-corrected chi connectivity index (χ0v) is 11.4. The Morgan fingerprint density at radius 3 is 2.33 bits per heavy atom. The zero-order valence-electron chi connectivity index (χ0n) is 11.4. The molecule has 1 heterocycles. The van der Waals surface area contributed by atoms with E-state index < -0.39 is 0 Å². The fourth-order valence-electron chi connectivity index (χ4n) is 2.23. The third-order valence-electron chi connectivity index (χ3n) is 3.44. The van der Waals surface area contributed by atoms with Crippen LogP contribution in [0.3, 0.4) is 0 Å². The van der Waals surface area contributed by atoms with Gasteiger partial charge in [0.1, 0.15) is 0 Å². The fraction of sp³-hybridized carbons (Fsp3) is 0.400. The van der Waals surface area contributed by atoms with Crippen molar-refractivity contribution in [1.29, 1.82) is 0 Å². The Morgan fingerprint density at radius 1 is 1.17 bits per heavy atom. The second-order valence-electron chi connectivity index (χ2n) is 4.60. The van der Waals surface area contributed by atoms with Crippen molar-refractivity contribution in [3.05, 3.63) is 53.3 Å². The molecule has 1 atom stereocenters. The van der Waals surface area contributed by atoms with Gasteiger partial charge in [-0.25, -0.2) is 0 Å². The van der Waals surface area contributed by atoms with E-state index in [4.69, 9.17) is 0 Å². The van der Waals surface area contributed by atoms with Crippen LogP contribution in [-0.2, 0) is 19.9 Å². The smallest absolute Gasteiger partial charge is 0.0553 e. The van der Waals surface area contributed by atoms with E-state index in [1.165, 1.54) is 16.8 Å². The minimum absolute atomic E-state index is 0.310. The van der Waals surface area contributed by atoms with E-state index in [-0.39, 0.29) is 0 Å². The molecule has 0 fully saturated rings. The maximum Gasteiger partial charge on any atom is 0.0553 e. The molecule has 0 radical (unpaired) electrons. The first-order valence-corrected chi connectivity index (χ1v) is 6.47. The first kappa shape index (κ1) is 12.8. The molecule has 2 aromatic rings. The largest absolute Gasteiger partial charge is 0.311 e. The van der Waals surface area contributed by atoms with Crippen LogP contribution in [-0.4, -0.2) is 16.8 Å². The van der Waals surface area contributed by atoms with Crippen molar-refractivity contribution in [2.24, 2.45) is 7.05 Å². The monoisotopic (exact) mass is 243 g/mol. The normalized spacial score (nSPS) is 12.6. The highest BCUT2D eigenvalue weighted by Crippen LogP contribution is 2.17. The van der Waals surface area contributed by atoms with Crippen LogP contribution in [0.15, 0.2) is 36.5 Å². The van der Waals surface area contributed by atoms with E-state index in [0.29, 0.717) is 6.04 Å². The fourth-order valence-corrected chi connectivity index (χ4v) is 2.23. The molecule has 1 aromatic heterocycles. The number of aromatic nitrogens is 2. The molecule has 3 heteroatoms. The molecule has 3 nitrogen and oxygen atoms in total. The van der Waals surface area contributed by atoms with Gasteiger partial charge in [0.25, 0.3) is 0 Å². The number of rotatable bonds is 5. The van der Waals surface area contributed by atoms with Gasteiger partial charge in [-0.3, -0.25) is 4.68 Å². The average molecular weight is 243 g/mol. The molecule has 1 unspecified atom stereocenters. The van der Waals surface area contributed by atoms with Crippen LogP contribution < -0.4 is 5.32 Å². The van der Waals surface area contributed by atoms with Crippen molar-refractivity contribution in [3.8, 4) is 0 Å². The molecule has 0 amide bonds. The Morgan fingerprint density at radius 2 is 1.83 bits per heavy atom. The second-order valence-corrected chi connectivity index (χ2v) is 4.60. The number of likely N-dealkylation sites (N-methyl/N-ethyl adjacent to an activating group) is 1. The minimum atomic E-state index is 0.310. The molecule has 1 N–H and O–H groups in total. The molecule has 18 heavy (non-hydrogen) atoms. The van der Waals surface area contributed by atoms with E-state index in [1.807, 2.05) is 25.0 Å². The predicted molar refractivity (Wildman–Crippen MR) is 74.5 cm³/mol. The summed E-state index contributed by atoms with van der Waals surface area (Å²) in [5.41, 5.74) is 3.96. The molecular weight excluding hydrogens is 222 g/mol. The number of benzene rings is 1. The summed E-state index contributed by atoms with van der Waals surface area (Å²) in [5, 5.41) is 7.59. The third kappa shape index (κ3) is 2.79. The number of nitrogens with zero attached hydrogens (tertiary/aromatic N) is 2. The van der Waals surface area contributed by atoms with Crippen molar-refractivity contribution in [3.63, 3.8) is 0 Å². The first-order chi connectivity index (χ1) is 8.74. The van der Waals surface area contributed by atoms with Crippen LogP contribution in [0, 0.1) is 0 Å². The van der Waals surface area contributed by atoms with Gasteiger partial charge in [-0.1, -0.05) is 31.2 Å². The maximum atomic E-state index is 4.23. The van der Waals surface area contributed by atoms with Crippen molar-refractivity contribution >= 4 is 0 Å². The SMILES string of the molecule is CCc1ccc(CC(NC)c2ccnn2C)cc1. The molecule has 0 aliphatic rings. The van der Waals surface area contributed by atoms with Gasteiger partial charge in [0.05, 0.1) is 11.7 Å². The van der Waals surface area contributed by atoms with Crippen LogP contribution in [0.1, 0.15) is 29.8 Å². The molecular formula is C15H21N3. The first-order valence-electron chi connectivity index (χ1n) is 6.47. The quantitative estimate of drug-likeness (QED) is 0.874. The second kappa shape index (κ2) is 5.83. The van der Waals surface area contributed by atoms with Gasteiger partial charge in [-0.2, -0.15) is 5.10 Å². The van der Waals surface area contributed by atoms with Gasteiger partial charge in [-0.15, -0.1) is 0 Å². The average Bonchev–Trinajstić information content (AvgIpc) is 2.83. The van der Waals surface area contributed by atoms with Crippen molar-refractivity contribution in [2.75, 3.05) is 7.05 Å². The van der Waals surface area contributed by atoms with Crippen LogP contribution in [0.25, 0.3) is 0 Å². The Hall–Kier alpha value is -1.61. The van der Waals surface area contributed by atoms with Gasteiger partial charge in [0.15, 0.2) is 0 Å². The van der Waals surface area contributed by atoms with E-state index in [0.717, 1.165) is 12.8 Å². The van der Waals surface area contributed by atoms with Gasteiger partial charge >= 0.3 is 0 Å². The Balaban J connectivity index is 2.13. The van der Waals surface area contributed by atoms with E-state index >= 15 is 0 Å². The summed E-state index contributed by atoms with van der Waals surface area (Å²) >= 11 is 0. The Bertz CT molecular complexity index is 485. The minimum Gasteiger partial charge on any atom is -0.311 e. The standard InChI is InChI=1S/C15H21N3/c1-4-12-5-7-13(8-6-12)11-14(16-2)15-9-10-17-18(15)3/h5-10,14,16H,4,11H2,1-3H3.